The van der Waals surface area contributed by atoms with Crippen LogP contribution in [0.1, 0.15) is 30.9 Å². The number of aromatic nitrogens is 2. The molecule has 5 heteroatoms. The summed E-state index contributed by atoms with van der Waals surface area (Å²) in [6.45, 7) is 6.20. The maximum absolute atomic E-state index is 12.1. The number of rotatable bonds is 2. The number of hydrogen-bond acceptors (Lipinski definition) is 2. The number of aryl methyl sites for hydroxylation is 1. The smallest absolute Gasteiger partial charge is 0.324 e. The molecule has 1 aromatic carbocycles. The normalized spacial score (nSPS) is 10.4. The Morgan fingerprint density at radius 2 is 1.90 bits per heavy atom. The molecular formula is C15H17N2O2Rb. The first kappa shape index (κ1) is 17.8. The number of benzene rings is 1. The number of nitrogens with zero attached hydrogens (tertiary/aromatic N) is 2. The van der Waals surface area contributed by atoms with Crippen LogP contribution < -0.4 is 69.4 Å². The minimum atomic E-state index is -0.348. The van der Waals surface area contributed by atoms with Gasteiger partial charge in [-0.25, -0.2) is 4.79 Å². The van der Waals surface area contributed by atoms with Crippen LogP contribution in [0.4, 0.5) is 0 Å². The Morgan fingerprint density at radius 3 is 2.50 bits per heavy atom. The van der Waals surface area contributed by atoms with Gasteiger partial charge in [-0.15, -0.1) is 11.6 Å². The van der Waals surface area contributed by atoms with E-state index in [0.29, 0.717) is 5.92 Å². The molecule has 0 N–H and O–H groups in total. The molecule has 1 aromatic heterocycles. The van der Waals surface area contributed by atoms with Gasteiger partial charge in [0.1, 0.15) is 0 Å². The van der Waals surface area contributed by atoms with Crippen molar-refractivity contribution in [2.24, 2.45) is 7.05 Å². The summed E-state index contributed by atoms with van der Waals surface area (Å²) in [4.78, 5) is 23.5. The van der Waals surface area contributed by atoms with Gasteiger partial charge in [-0.1, -0.05) is 32.4 Å². The van der Waals surface area contributed by atoms with Crippen LogP contribution in [0.25, 0.3) is 5.69 Å². The van der Waals surface area contributed by atoms with Gasteiger partial charge in [0.25, 0.3) is 5.56 Å². The van der Waals surface area contributed by atoms with Crippen molar-refractivity contribution in [2.75, 3.05) is 0 Å². The summed E-state index contributed by atoms with van der Waals surface area (Å²) in [6.07, 6.45) is 1.51. The largest absolute Gasteiger partial charge is 1.00 e. The van der Waals surface area contributed by atoms with E-state index in [1.807, 2.05) is 13.0 Å². The molecule has 0 fully saturated rings. The Hall–Kier alpha value is -0.295. The average molecular weight is 343 g/mol. The van der Waals surface area contributed by atoms with Crippen LogP contribution in [0.2, 0.25) is 0 Å². The Bertz CT molecular complexity index is 729. The van der Waals surface area contributed by atoms with Crippen molar-refractivity contribution < 1.29 is 58.2 Å². The van der Waals surface area contributed by atoms with Crippen molar-refractivity contribution in [2.45, 2.75) is 26.7 Å². The summed E-state index contributed by atoms with van der Waals surface area (Å²) in [6, 6.07) is 8.29. The summed E-state index contributed by atoms with van der Waals surface area (Å²) in [5.41, 5.74) is 2.31. The minimum absolute atomic E-state index is 0. The summed E-state index contributed by atoms with van der Waals surface area (Å²) in [7, 11) is 1.47. The van der Waals surface area contributed by atoms with Gasteiger partial charge in [-0.2, -0.15) is 17.7 Å². The molecule has 0 aliphatic rings. The predicted octanol–water partition coefficient (Wildman–Crippen LogP) is -1.23. The average Bonchev–Trinajstić information content (AvgIpc) is 2.37. The van der Waals surface area contributed by atoms with Gasteiger partial charge in [0.05, 0.1) is 0 Å². The van der Waals surface area contributed by atoms with Crippen molar-refractivity contribution in [3.8, 4) is 5.69 Å². The van der Waals surface area contributed by atoms with Crippen molar-refractivity contribution in [1.29, 1.82) is 0 Å². The van der Waals surface area contributed by atoms with E-state index in [2.05, 4.69) is 19.9 Å². The second-order valence-corrected chi connectivity index (χ2v) is 4.96. The van der Waals surface area contributed by atoms with Crippen LogP contribution in [0.15, 0.2) is 34.0 Å². The van der Waals surface area contributed by atoms with E-state index in [-0.39, 0.29) is 69.4 Å². The summed E-state index contributed by atoms with van der Waals surface area (Å²) >= 11 is 0. The first-order valence-electron chi connectivity index (χ1n) is 6.23. The van der Waals surface area contributed by atoms with Crippen LogP contribution in [0.5, 0.6) is 0 Å². The molecule has 0 amide bonds. The SMILES string of the molecule is Cc1[c-]cc(-n2ccc(=O)n(C)c2=O)cc1C(C)C.[Rb+]. The molecule has 0 radical (unpaired) electrons. The fraction of sp³-hybridized carbons (Fsp3) is 0.333. The van der Waals surface area contributed by atoms with E-state index in [4.69, 9.17) is 0 Å². The molecule has 0 saturated carbocycles. The quantitative estimate of drug-likeness (QED) is 0.642. The van der Waals surface area contributed by atoms with Gasteiger partial charge in [0.15, 0.2) is 0 Å². The molecule has 2 rings (SSSR count). The van der Waals surface area contributed by atoms with E-state index in [0.717, 1.165) is 21.4 Å². The summed E-state index contributed by atoms with van der Waals surface area (Å²) in [5.74, 6) is 0.361. The first-order chi connectivity index (χ1) is 8.91. The van der Waals surface area contributed by atoms with E-state index in [1.165, 1.54) is 23.9 Å². The molecule has 0 atom stereocenters. The molecule has 0 aliphatic carbocycles. The molecular weight excluding hydrogens is 326 g/mol. The zero-order valence-corrected chi connectivity index (χ0v) is 17.5. The van der Waals surface area contributed by atoms with Gasteiger partial charge in [0.2, 0.25) is 0 Å². The summed E-state index contributed by atoms with van der Waals surface area (Å²) in [5, 5.41) is 0. The maximum Gasteiger partial charge on any atom is 1.00 e. The van der Waals surface area contributed by atoms with E-state index in [1.54, 1.807) is 6.07 Å². The molecule has 0 bridgehead atoms. The van der Waals surface area contributed by atoms with Gasteiger partial charge in [-0.05, 0) is 0 Å². The van der Waals surface area contributed by atoms with E-state index < -0.39 is 0 Å². The second kappa shape index (κ2) is 7.12. The van der Waals surface area contributed by atoms with Gasteiger partial charge in [0, 0.05) is 19.3 Å². The third kappa shape index (κ3) is 3.48. The fourth-order valence-electron chi connectivity index (χ4n) is 2.08. The third-order valence-electron chi connectivity index (χ3n) is 3.26. The van der Waals surface area contributed by atoms with Crippen LogP contribution in [0.3, 0.4) is 0 Å². The van der Waals surface area contributed by atoms with Crippen LogP contribution in [0, 0.1) is 13.0 Å². The van der Waals surface area contributed by atoms with Crippen LogP contribution in [-0.2, 0) is 7.05 Å². The van der Waals surface area contributed by atoms with Gasteiger partial charge >= 0.3 is 63.9 Å². The van der Waals surface area contributed by atoms with Crippen LogP contribution in [-0.4, -0.2) is 9.13 Å². The molecule has 0 spiro atoms. The minimum Gasteiger partial charge on any atom is -0.324 e. The van der Waals surface area contributed by atoms with E-state index in [9.17, 15) is 9.59 Å². The van der Waals surface area contributed by atoms with Crippen molar-refractivity contribution >= 4 is 0 Å². The van der Waals surface area contributed by atoms with Gasteiger partial charge < -0.3 is 4.57 Å². The van der Waals surface area contributed by atoms with Crippen molar-refractivity contribution in [3.63, 3.8) is 0 Å². The van der Waals surface area contributed by atoms with E-state index >= 15 is 0 Å². The fourth-order valence-corrected chi connectivity index (χ4v) is 2.08. The molecule has 4 nitrogen and oxygen atoms in total. The Kier molecular flexibility index (Phi) is 6.32. The molecule has 100 valence electrons. The van der Waals surface area contributed by atoms with Crippen molar-refractivity contribution in [1.82, 2.24) is 9.13 Å². The molecule has 2 aromatic rings. The Balaban J connectivity index is 0.00000200. The summed E-state index contributed by atoms with van der Waals surface area (Å²) < 4.78 is 2.55. The molecule has 0 unspecified atom stereocenters. The second-order valence-electron chi connectivity index (χ2n) is 4.96. The third-order valence-corrected chi connectivity index (χ3v) is 3.26. The standard InChI is InChI=1S/C15H17N2O2.Rb/c1-10(2)13-9-12(6-5-11(13)3)17-8-7-14(18)16(4)15(17)19;/h6-10H,1-4H3;/q-1;+1. The zero-order valence-electron chi connectivity index (χ0n) is 12.6. The molecule has 0 aliphatic heterocycles. The predicted molar refractivity (Wildman–Crippen MR) is 74.9 cm³/mol. The van der Waals surface area contributed by atoms with Gasteiger partial charge in [-0.3, -0.25) is 9.36 Å². The Labute approximate surface area is 167 Å². The first-order valence-corrected chi connectivity index (χ1v) is 6.23. The molecule has 20 heavy (non-hydrogen) atoms. The maximum atomic E-state index is 12.1. The van der Waals surface area contributed by atoms with Crippen molar-refractivity contribution in [3.05, 3.63) is 62.4 Å². The zero-order chi connectivity index (χ0) is 14.2. The Morgan fingerprint density at radius 1 is 1.25 bits per heavy atom. The topological polar surface area (TPSA) is 44.0 Å². The number of hydrogen-bond donors (Lipinski definition) is 0. The molecule has 0 saturated heterocycles. The monoisotopic (exact) mass is 342 g/mol. The molecule has 1 heterocycles. The van der Waals surface area contributed by atoms with Crippen LogP contribution >= 0.6 is 0 Å².